The van der Waals surface area contributed by atoms with Crippen LogP contribution in [0.2, 0.25) is 5.02 Å². The summed E-state index contributed by atoms with van der Waals surface area (Å²) in [6.07, 6.45) is 3.67. The first-order chi connectivity index (χ1) is 16.9. The molecule has 3 aromatic heterocycles. The summed E-state index contributed by atoms with van der Waals surface area (Å²) in [6.45, 7) is 0.253. The molecule has 0 bridgehead atoms. The Kier molecular flexibility index (Phi) is 5.16. The highest BCUT2D eigenvalue weighted by atomic mass is 35.5. The standard InChI is InChI=1S/C26H20ClN3O4S/c27-15-10-11-18-17(12-15)21(22(25(32)33)29(18)13-14-6-2-1-3-7-14)30-24(31)20-16-8-4-5-9-19(16)35-23(20)28-26(30)34/h1-3,6-7,10-12H,4-5,8-9,13H2,(H,28,34)(H,32,33). The first kappa shape index (κ1) is 21.9. The summed E-state index contributed by atoms with van der Waals surface area (Å²) < 4.78 is 2.60. The number of aromatic amines is 1. The first-order valence-electron chi connectivity index (χ1n) is 11.3. The number of nitrogens with zero attached hydrogens (tertiary/aromatic N) is 2. The Morgan fingerprint density at radius 1 is 1.09 bits per heavy atom. The molecule has 0 spiro atoms. The highest BCUT2D eigenvalue weighted by Crippen LogP contribution is 2.35. The number of aromatic carboxylic acids is 1. The fourth-order valence-corrected chi connectivity index (χ4v) is 6.57. The molecular formula is C26H20ClN3O4S. The Morgan fingerprint density at radius 3 is 2.63 bits per heavy atom. The van der Waals surface area contributed by atoms with E-state index in [4.69, 9.17) is 11.6 Å². The van der Waals surface area contributed by atoms with Crippen molar-refractivity contribution in [3.05, 3.63) is 96.1 Å². The molecule has 0 saturated carbocycles. The maximum atomic E-state index is 13.9. The molecule has 0 saturated heterocycles. The number of aryl methyl sites for hydroxylation is 2. The third-order valence-corrected chi connectivity index (χ3v) is 8.06. The predicted octanol–water partition coefficient (Wildman–Crippen LogP) is 4.97. The van der Waals surface area contributed by atoms with Crippen LogP contribution in [0.25, 0.3) is 26.8 Å². The first-order valence-corrected chi connectivity index (χ1v) is 12.5. The molecular weight excluding hydrogens is 486 g/mol. The number of nitrogens with one attached hydrogen (secondary N) is 1. The van der Waals surface area contributed by atoms with E-state index in [1.54, 1.807) is 22.8 Å². The van der Waals surface area contributed by atoms with Crippen molar-refractivity contribution in [2.75, 3.05) is 0 Å². The molecule has 0 unspecified atom stereocenters. The lowest BCUT2D eigenvalue weighted by Crippen LogP contribution is -2.34. The molecule has 9 heteroatoms. The van der Waals surface area contributed by atoms with Gasteiger partial charge in [-0.15, -0.1) is 11.3 Å². The lowest BCUT2D eigenvalue weighted by molar-refractivity contribution is 0.0686. The second kappa shape index (κ2) is 8.25. The molecule has 0 aliphatic heterocycles. The van der Waals surface area contributed by atoms with E-state index >= 15 is 0 Å². The third-order valence-electron chi connectivity index (χ3n) is 6.62. The van der Waals surface area contributed by atoms with Crippen LogP contribution in [-0.4, -0.2) is 25.2 Å². The van der Waals surface area contributed by atoms with Crippen LogP contribution in [0.1, 0.15) is 39.3 Å². The second-order valence-electron chi connectivity index (χ2n) is 8.72. The molecule has 0 atom stereocenters. The summed E-state index contributed by atoms with van der Waals surface area (Å²) in [6, 6.07) is 14.4. The molecule has 1 aliphatic rings. The fourth-order valence-electron chi connectivity index (χ4n) is 5.12. The van der Waals surface area contributed by atoms with Crippen LogP contribution in [0.15, 0.2) is 58.1 Å². The zero-order valence-electron chi connectivity index (χ0n) is 18.5. The Labute approximate surface area is 207 Å². The minimum absolute atomic E-state index is 0.0369. The van der Waals surface area contributed by atoms with Crippen LogP contribution in [0, 0.1) is 0 Å². The third kappa shape index (κ3) is 3.44. The molecule has 176 valence electrons. The van der Waals surface area contributed by atoms with E-state index in [1.807, 2.05) is 30.3 Å². The van der Waals surface area contributed by atoms with E-state index in [0.29, 0.717) is 26.1 Å². The normalized spacial score (nSPS) is 13.4. The monoisotopic (exact) mass is 505 g/mol. The van der Waals surface area contributed by atoms with Crippen molar-refractivity contribution in [3.8, 4) is 5.69 Å². The van der Waals surface area contributed by atoms with E-state index in [0.717, 1.165) is 46.3 Å². The molecule has 35 heavy (non-hydrogen) atoms. The van der Waals surface area contributed by atoms with Gasteiger partial charge in [0.1, 0.15) is 4.83 Å². The van der Waals surface area contributed by atoms with Gasteiger partial charge in [-0.1, -0.05) is 41.9 Å². The number of hydrogen-bond donors (Lipinski definition) is 2. The molecule has 0 amide bonds. The molecule has 6 rings (SSSR count). The maximum Gasteiger partial charge on any atom is 0.354 e. The molecule has 7 nitrogen and oxygen atoms in total. The van der Waals surface area contributed by atoms with Crippen LogP contribution in [0.3, 0.4) is 0 Å². The molecule has 3 heterocycles. The van der Waals surface area contributed by atoms with Crippen LogP contribution >= 0.6 is 22.9 Å². The summed E-state index contributed by atoms with van der Waals surface area (Å²) in [4.78, 5) is 44.3. The van der Waals surface area contributed by atoms with Gasteiger partial charge < -0.3 is 9.67 Å². The van der Waals surface area contributed by atoms with Crippen LogP contribution in [-0.2, 0) is 19.4 Å². The lowest BCUT2D eigenvalue weighted by atomic mass is 9.97. The van der Waals surface area contributed by atoms with E-state index in [2.05, 4.69) is 4.98 Å². The molecule has 5 aromatic rings. The predicted molar refractivity (Wildman–Crippen MR) is 138 cm³/mol. The van der Waals surface area contributed by atoms with Crippen molar-refractivity contribution in [3.63, 3.8) is 0 Å². The number of carbonyl (C=O) groups is 1. The molecule has 0 radical (unpaired) electrons. The average molecular weight is 506 g/mol. The van der Waals surface area contributed by atoms with E-state index in [1.165, 1.54) is 11.3 Å². The summed E-state index contributed by atoms with van der Waals surface area (Å²) in [5.74, 6) is -1.23. The van der Waals surface area contributed by atoms with Gasteiger partial charge in [0.15, 0.2) is 5.69 Å². The number of benzene rings is 2. The van der Waals surface area contributed by atoms with Crippen molar-refractivity contribution in [2.24, 2.45) is 0 Å². The average Bonchev–Trinajstić information content (AvgIpc) is 3.35. The molecule has 2 N–H and O–H groups in total. The summed E-state index contributed by atoms with van der Waals surface area (Å²) in [5, 5.41) is 11.6. The number of fused-ring (bicyclic) bond motifs is 4. The Morgan fingerprint density at radius 2 is 1.86 bits per heavy atom. The van der Waals surface area contributed by atoms with Crippen molar-refractivity contribution in [1.82, 2.24) is 14.1 Å². The Balaban J connectivity index is 1.72. The van der Waals surface area contributed by atoms with Crippen molar-refractivity contribution >= 4 is 50.0 Å². The molecule has 1 aliphatic carbocycles. The van der Waals surface area contributed by atoms with Crippen molar-refractivity contribution < 1.29 is 9.90 Å². The van der Waals surface area contributed by atoms with Crippen molar-refractivity contribution in [1.29, 1.82) is 0 Å². The maximum absolute atomic E-state index is 13.9. The van der Waals surface area contributed by atoms with Gasteiger partial charge in [0.2, 0.25) is 0 Å². The minimum Gasteiger partial charge on any atom is -0.477 e. The number of aromatic nitrogens is 3. The number of carboxylic acids is 1. The number of hydrogen-bond acceptors (Lipinski definition) is 4. The van der Waals surface area contributed by atoms with Gasteiger partial charge in [0.25, 0.3) is 5.56 Å². The zero-order chi connectivity index (χ0) is 24.3. The lowest BCUT2D eigenvalue weighted by Gasteiger charge is -2.11. The smallest absolute Gasteiger partial charge is 0.354 e. The largest absolute Gasteiger partial charge is 0.477 e. The van der Waals surface area contributed by atoms with E-state index < -0.39 is 17.2 Å². The van der Waals surface area contributed by atoms with Crippen LogP contribution in [0.5, 0.6) is 0 Å². The Bertz CT molecular complexity index is 1760. The van der Waals surface area contributed by atoms with E-state index in [9.17, 15) is 19.5 Å². The minimum atomic E-state index is -1.23. The van der Waals surface area contributed by atoms with Crippen LogP contribution in [0.4, 0.5) is 0 Å². The summed E-state index contributed by atoms with van der Waals surface area (Å²) in [7, 11) is 0. The van der Waals surface area contributed by atoms with Crippen LogP contribution < -0.4 is 11.2 Å². The van der Waals surface area contributed by atoms with Gasteiger partial charge >= 0.3 is 11.7 Å². The SMILES string of the molecule is O=C(O)c1c(-n2c(=O)[nH]c3sc4c(c3c2=O)CCCC4)c2cc(Cl)ccc2n1Cc1ccccc1. The number of H-pyrrole nitrogens is 1. The van der Waals surface area contributed by atoms with Gasteiger partial charge in [0, 0.05) is 21.8 Å². The quantitative estimate of drug-likeness (QED) is 0.360. The van der Waals surface area contributed by atoms with Gasteiger partial charge in [-0.25, -0.2) is 14.2 Å². The highest BCUT2D eigenvalue weighted by molar-refractivity contribution is 7.18. The van der Waals surface area contributed by atoms with Crippen molar-refractivity contribution in [2.45, 2.75) is 32.2 Å². The number of rotatable bonds is 4. The molecule has 2 aromatic carbocycles. The fraction of sp³-hybridized carbons (Fsp3) is 0.192. The number of thiophene rings is 1. The van der Waals surface area contributed by atoms with E-state index in [-0.39, 0.29) is 17.9 Å². The van der Waals surface area contributed by atoms with Gasteiger partial charge in [-0.05, 0) is 55.0 Å². The highest BCUT2D eigenvalue weighted by Gasteiger charge is 2.28. The summed E-state index contributed by atoms with van der Waals surface area (Å²) >= 11 is 7.75. The topological polar surface area (TPSA) is 97.1 Å². The number of carboxylic acid groups (broad SMARTS) is 1. The van der Waals surface area contributed by atoms with Gasteiger partial charge in [-0.3, -0.25) is 9.78 Å². The van der Waals surface area contributed by atoms with Gasteiger partial charge in [0.05, 0.1) is 16.6 Å². The number of halogens is 1. The molecule has 0 fully saturated rings. The second-order valence-corrected chi connectivity index (χ2v) is 10.3. The summed E-state index contributed by atoms with van der Waals surface area (Å²) in [5.41, 5.74) is 1.17. The Hall–Kier alpha value is -3.62. The zero-order valence-corrected chi connectivity index (χ0v) is 20.1. The van der Waals surface area contributed by atoms with Gasteiger partial charge in [-0.2, -0.15) is 0 Å².